The molecule has 0 N–H and O–H groups in total. The molecule has 0 aromatic carbocycles. The van der Waals surface area contributed by atoms with Crippen LogP contribution in [0.15, 0.2) is 0 Å². The molecule has 3 fully saturated rings. The molecule has 2 aliphatic carbocycles. The van der Waals surface area contributed by atoms with Crippen LogP contribution >= 0.6 is 0 Å². The molecule has 0 aromatic heterocycles. The van der Waals surface area contributed by atoms with Crippen LogP contribution in [0.1, 0.15) is 71.6 Å². The number of rotatable bonds is 4. The Bertz CT molecular complexity index is 317. The van der Waals surface area contributed by atoms with Gasteiger partial charge in [0, 0.05) is 19.4 Å². The Morgan fingerprint density at radius 3 is 1.95 bits per heavy atom. The molecular weight excluding hydrogens is 264 g/mol. The van der Waals surface area contributed by atoms with Gasteiger partial charge in [0.05, 0.1) is 18.8 Å². The third kappa shape index (κ3) is 3.62. The maximum atomic E-state index is 6.09. The third-order valence-corrected chi connectivity index (χ3v) is 6.01. The summed E-state index contributed by atoms with van der Waals surface area (Å²) in [6, 6.07) is 0. The van der Waals surface area contributed by atoms with Gasteiger partial charge in [-0.25, -0.2) is 0 Å². The quantitative estimate of drug-likeness (QED) is 0.774. The Kier molecular flexibility index (Phi) is 4.92. The van der Waals surface area contributed by atoms with Crippen molar-refractivity contribution in [3.63, 3.8) is 0 Å². The predicted molar refractivity (Wildman–Crippen MR) is 83.2 cm³/mol. The van der Waals surface area contributed by atoms with E-state index in [1.54, 1.807) is 0 Å². The van der Waals surface area contributed by atoms with Gasteiger partial charge in [0.25, 0.3) is 0 Å². The first kappa shape index (κ1) is 15.8. The fraction of sp³-hybridized carbons (Fsp3) is 1.00. The molecular formula is C18H32O3. The van der Waals surface area contributed by atoms with E-state index in [0.29, 0.717) is 0 Å². The smallest absolute Gasteiger partial charge is 0.168 e. The van der Waals surface area contributed by atoms with Gasteiger partial charge in [-0.1, -0.05) is 6.92 Å². The van der Waals surface area contributed by atoms with Gasteiger partial charge in [0.2, 0.25) is 0 Å². The van der Waals surface area contributed by atoms with Gasteiger partial charge < -0.3 is 14.2 Å². The van der Waals surface area contributed by atoms with Crippen LogP contribution in [0.3, 0.4) is 0 Å². The molecule has 21 heavy (non-hydrogen) atoms. The van der Waals surface area contributed by atoms with E-state index in [1.807, 2.05) is 0 Å². The lowest BCUT2D eigenvalue weighted by atomic mass is 9.69. The predicted octanol–water partition coefficient (Wildman–Crippen LogP) is 4.30. The average molecular weight is 296 g/mol. The first-order chi connectivity index (χ1) is 10.1. The molecule has 0 radical (unpaired) electrons. The molecule has 3 nitrogen and oxygen atoms in total. The molecule has 1 spiro atoms. The van der Waals surface area contributed by atoms with Gasteiger partial charge in [0.1, 0.15) is 0 Å². The van der Waals surface area contributed by atoms with Crippen LogP contribution in [0, 0.1) is 11.8 Å². The maximum Gasteiger partial charge on any atom is 0.168 e. The highest BCUT2D eigenvalue weighted by Gasteiger charge is 2.43. The van der Waals surface area contributed by atoms with Crippen LogP contribution in [0.25, 0.3) is 0 Å². The van der Waals surface area contributed by atoms with Crippen LogP contribution in [0.4, 0.5) is 0 Å². The molecule has 0 aromatic rings. The summed E-state index contributed by atoms with van der Waals surface area (Å²) in [4.78, 5) is 0. The SMILES string of the molecule is CCCOC1(C)CCC(C2CCC3(CC2)OCCO3)CC1. The maximum absolute atomic E-state index is 6.09. The van der Waals surface area contributed by atoms with Crippen molar-refractivity contribution in [2.45, 2.75) is 83.0 Å². The zero-order chi connectivity index (χ0) is 14.8. The summed E-state index contributed by atoms with van der Waals surface area (Å²) in [5.41, 5.74) is 0.153. The fourth-order valence-electron chi connectivity index (χ4n) is 4.55. The van der Waals surface area contributed by atoms with Crippen molar-refractivity contribution < 1.29 is 14.2 Å². The van der Waals surface area contributed by atoms with Crippen molar-refractivity contribution in [3.8, 4) is 0 Å². The fourth-order valence-corrected chi connectivity index (χ4v) is 4.55. The number of hydrogen-bond donors (Lipinski definition) is 0. The molecule has 0 amide bonds. The van der Waals surface area contributed by atoms with E-state index >= 15 is 0 Å². The molecule has 1 aliphatic heterocycles. The number of hydrogen-bond acceptors (Lipinski definition) is 3. The Morgan fingerprint density at radius 2 is 1.43 bits per heavy atom. The van der Waals surface area contributed by atoms with E-state index in [2.05, 4.69) is 13.8 Å². The van der Waals surface area contributed by atoms with Crippen LogP contribution in [0.5, 0.6) is 0 Å². The zero-order valence-corrected chi connectivity index (χ0v) is 13.9. The van der Waals surface area contributed by atoms with E-state index in [0.717, 1.165) is 50.9 Å². The minimum Gasteiger partial charge on any atom is -0.375 e. The van der Waals surface area contributed by atoms with Crippen molar-refractivity contribution in [3.05, 3.63) is 0 Å². The summed E-state index contributed by atoms with van der Waals surface area (Å²) in [5.74, 6) is 1.60. The summed E-state index contributed by atoms with van der Waals surface area (Å²) < 4.78 is 17.8. The van der Waals surface area contributed by atoms with Gasteiger partial charge in [-0.3, -0.25) is 0 Å². The van der Waals surface area contributed by atoms with Gasteiger partial charge in [-0.15, -0.1) is 0 Å². The third-order valence-electron chi connectivity index (χ3n) is 6.01. The van der Waals surface area contributed by atoms with E-state index in [4.69, 9.17) is 14.2 Å². The van der Waals surface area contributed by atoms with Crippen molar-refractivity contribution in [1.82, 2.24) is 0 Å². The molecule has 122 valence electrons. The van der Waals surface area contributed by atoms with Crippen molar-refractivity contribution >= 4 is 0 Å². The van der Waals surface area contributed by atoms with Gasteiger partial charge in [-0.2, -0.15) is 0 Å². The van der Waals surface area contributed by atoms with Crippen LogP contribution in [-0.2, 0) is 14.2 Å². The standard InChI is InChI=1S/C18H32O3/c1-3-12-19-17(2)8-4-15(5-9-17)16-6-10-18(11-7-16)20-13-14-21-18/h15-16H,3-14H2,1-2H3. The van der Waals surface area contributed by atoms with Crippen LogP contribution in [-0.4, -0.2) is 31.2 Å². The van der Waals surface area contributed by atoms with E-state index in [-0.39, 0.29) is 11.4 Å². The van der Waals surface area contributed by atoms with Gasteiger partial charge >= 0.3 is 0 Å². The monoisotopic (exact) mass is 296 g/mol. The molecule has 0 atom stereocenters. The average Bonchev–Trinajstić information content (AvgIpc) is 2.96. The Labute approximate surface area is 129 Å². The lowest BCUT2D eigenvalue weighted by molar-refractivity contribution is -0.186. The minimum atomic E-state index is -0.191. The first-order valence-electron chi connectivity index (χ1n) is 9.07. The van der Waals surface area contributed by atoms with Crippen LogP contribution < -0.4 is 0 Å². The molecule has 0 bridgehead atoms. The normalized spacial score (nSPS) is 37.1. The second-order valence-electron chi connectivity index (χ2n) is 7.58. The highest BCUT2D eigenvalue weighted by molar-refractivity contribution is 4.90. The Balaban J connectivity index is 1.45. The lowest BCUT2D eigenvalue weighted by Gasteiger charge is -2.43. The molecule has 1 heterocycles. The lowest BCUT2D eigenvalue weighted by Crippen LogP contribution is -2.40. The summed E-state index contributed by atoms with van der Waals surface area (Å²) >= 11 is 0. The minimum absolute atomic E-state index is 0.153. The summed E-state index contributed by atoms with van der Waals surface area (Å²) in [7, 11) is 0. The van der Waals surface area contributed by atoms with Gasteiger partial charge in [-0.05, 0) is 63.7 Å². The Hall–Kier alpha value is -0.120. The summed E-state index contributed by atoms with van der Waals surface area (Å²) in [6.07, 6.45) is 11.1. The van der Waals surface area contributed by atoms with Crippen molar-refractivity contribution in [2.75, 3.05) is 19.8 Å². The second kappa shape index (κ2) is 6.55. The highest BCUT2D eigenvalue weighted by atomic mass is 16.7. The zero-order valence-electron chi connectivity index (χ0n) is 13.9. The molecule has 3 heteroatoms. The topological polar surface area (TPSA) is 27.7 Å². The van der Waals surface area contributed by atoms with Gasteiger partial charge in [0.15, 0.2) is 5.79 Å². The number of ether oxygens (including phenoxy) is 3. The van der Waals surface area contributed by atoms with E-state index in [9.17, 15) is 0 Å². The Morgan fingerprint density at radius 1 is 0.905 bits per heavy atom. The molecule has 1 saturated heterocycles. The highest BCUT2D eigenvalue weighted by Crippen LogP contribution is 2.46. The summed E-state index contributed by atoms with van der Waals surface area (Å²) in [5, 5.41) is 0. The van der Waals surface area contributed by atoms with E-state index in [1.165, 1.54) is 38.5 Å². The van der Waals surface area contributed by atoms with Crippen molar-refractivity contribution in [1.29, 1.82) is 0 Å². The first-order valence-corrected chi connectivity index (χ1v) is 9.07. The molecule has 0 unspecified atom stereocenters. The van der Waals surface area contributed by atoms with E-state index < -0.39 is 0 Å². The molecule has 3 aliphatic rings. The molecule has 3 rings (SSSR count). The second-order valence-corrected chi connectivity index (χ2v) is 7.58. The van der Waals surface area contributed by atoms with Crippen molar-refractivity contribution in [2.24, 2.45) is 11.8 Å². The molecule has 2 saturated carbocycles. The van der Waals surface area contributed by atoms with Crippen LogP contribution in [0.2, 0.25) is 0 Å². The summed E-state index contributed by atoms with van der Waals surface area (Å²) in [6.45, 7) is 7.01. The largest absolute Gasteiger partial charge is 0.375 e.